The lowest BCUT2D eigenvalue weighted by Gasteiger charge is -2.35. The molecule has 0 fully saturated rings. The molecule has 4 heteroatoms. The van der Waals surface area contributed by atoms with Gasteiger partial charge in [0.25, 0.3) is 13.4 Å². The van der Waals surface area contributed by atoms with Crippen molar-refractivity contribution in [2.24, 2.45) is 0 Å². The Morgan fingerprint density at radius 1 is 0.411 bits per heavy atom. The lowest BCUT2D eigenvalue weighted by Crippen LogP contribution is -2.58. The zero-order chi connectivity index (χ0) is 38.9. The SMILES string of the molecule is Cc1cc(C)c(B2c3ccccc3Oc3c2c(C(C)C)c2ccc4c5c(c(C(C)C)c6ccc3c2c46)B(c2c(C)cc(C)cc2C)c2ccccc2O5)c(C)c1. The molecular weight excluding hydrogens is 678 g/mol. The van der Waals surface area contributed by atoms with Crippen LogP contribution in [0.4, 0.5) is 0 Å². The molecule has 0 spiro atoms. The van der Waals surface area contributed by atoms with E-state index >= 15 is 0 Å². The average molecular weight is 727 g/mol. The highest BCUT2D eigenvalue weighted by Crippen LogP contribution is 2.48. The Morgan fingerprint density at radius 3 is 1.11 bits per heavy atom. The minimum absolute atomic E-state index is 0.0513. The predicted molar refractivity (Wildman–Crippen MR) is 242 cm³/mol. The number of aryl methyl sites for hydroxylation is 6. The highest BCUT2D eigenvalue weighted by Gasteiger charge is 2.42. The molecule has 0 bridgehead atoms. The van der Waals surface area contributed by atoms with E-state index in [4.69, 9.17) is 9.47 Å². The number of rotatable bonds is 4. The van der Waals surface area contributed by atoms with Crippen molar-refractivity contribution < 1.29 is 9.47 Å². The quantitative estimate of drug-likeness (QED) is 0.133. The molecule has 2 aliphatic rings. The Balaban J connectivity index is 1.36. The second-order valence-corrected chi connectivity index (χ2v) is 17.5. The predicted octanol–water partition coefficient (Wildman–Crippen LogP) is 9.93. The van der Waals surface area contributed by atoms with Gasteiger partial charge in [-0.1, -0.05) is 145 Å². The maximum Gasteiger partial charge on any atom is 0.252 e. The third-order valence-corrected chi connectivity index (χ3v) is 13.0. The van der Waals surface area contributed by atoms with Gasteiger partial charge in [0, 0.05) is 21.5 Å². The van der Waals surface area contributed by atoms with E-state index in [0.29, 0.717) is 0 Å². The van der Waals surface area contributed by atoms with E-state index in [0.717, 1.165) is 23.0 Å². The van der Waals surface area contributed by atoms with Crippen LogP contribution in [0.15, 0.2) is 97.1 Å². The summed E-state index contributed by atoms with van der Waals surface area (Å²) in [6.45, 7) is 23.1. The van der Waals surface area contributed by atoms with E-state index in [1.165, 1.54) is 110 Å². The minimum atomic E-state index is 0.0513. The van der Waals surface area contributed by atoms with E-state index in [9.17, 15) is 0 Å². The van der Waals surface area contributed by atoms with Gasteiger partial charge < -0.3 is 9.47 Å². The summed E-state index contributed by atoms with van der Waals surface area (Å²) in [6, 6.07) is 36.4. The van der Waals surface area contributed by atoms with Crippen molar-refractivity contribution in [1.82, 2.24) is 0 Å². The minimum Gasteiger partial charge on any atom is -0.458 e. The molecule has 2 nitrogen and oxygen atoms in total. The highest BCUT2D eigenvalue weighted by atomic mass is 16.5. The topological polar surface area (TPSA) is 18.5 Å². The fourth-order valence-electron chi connectivity index (χ4n) is 11.2. The average Bonchev–Trinajstić information content (AvgIpc) is 3.15. The molecule has 274 valence electrons. The molecule has 0 atom stereocenters. The van der Waals surface area contributed by atoms with Crippen LogP contribution in [0.5, 0.6) is 23.0 Å². The normalized spacial score (nSPS) is 13.4. The van der Waals surface area contributed by atoms with Crippen LogP contribution in [0, 0.1) is 41.5 Å². The molecule has 0 N–H and O–H groups in total. The largest absolute Gasteiger partial charge is 0.458 e. The molecule has 0 aromatic heterocycles. The molecule has 10 rings (SSSR count). The van der Waals surface area contributed by atoms with Gasteiger partial charge in [-0.2, -0.15) is 0 Å². The Morgan fingerprint density at radius 2 is 0.750 bits per heavy atom. The van der Waals surface area contributed by atoms with E-state index < -0.39 is 0 Å². The standard InChI is InChI=1S/C52H48B2O2/c1-27(2)43-35-19-21-38-46-36(44(28(3)4)50-52(38)56-42-18-14-12-16-40(42)54(50)48-33(9)25-30(6)26-34(48)10)20-22-37(45(35)46)51-49(43)53(39-15-11-13-17-41(39)55-51)47-31(7)23-29(5)24-32(47)8/h11-28H,1-10H3. The third kappa shape index (κ3) is 4.84. The van der Waals surface area contributed by atoms with Crippen LogP contribution in [0.25, 0.3) is 32.3 Å². The summed E-state index contributed by atoms with van der Waals surface area (Å²) in [6.07, 6.45) is 0. The van der Waals surface area contributed by atoms with Crippen molar-refractivity contribution in [2.75, 3.05) is 0 Å². The van der Waals surface area contributed by atoms with Crippen LogP contribution in [0.3, 0.4) is 0 Å². The molecule has 2 heterocycles. The molecule has 0 aliphatic carbocycles. The number of ether oxygens (including phenoxy) is 2. The van der Waals surface area contributed by atoms with Gasteiger partial charge in [-0.25, -0.2) is 0 Å². The third-order valence-electron chi connectivity index (χ3n) is 13.0. The molecular formula is C52H48B2O2. The molecule has 8 aromatic carbocycles. The Labute approximate surface area is 332 Å². The first-order valence-electron chi connectivity index (χ1n) is 20.5. The van der Waals surface area contributed by atoms with Gasteiger partial charge in [0.1, 0.15) is 23.0 Å². The van der Waals surface area contributed by atoms with Gasteiger partial charge in [0.15, 0.2) is 0 Å². The molecule has 2 aliphatic heterocycles. The maximum atomic E-state index is 7.20. The molecule has 0 amide bonds. The van der Waals surface area contributed by atoms with Crippen LogP contribution in [-0.4, -0.2) is 13.4 Å². The summed E-state index contributed by atoms with van der Waals surface area (Å²) in [5, 5.41) is 7.54. The molecule has 0 radical (unpaired) electrons. The molecule has 56 heavy (non-hydrogen) atoms. The van der Waals surface area contributed by atoms with Gasteiger partial charge in [-0.3, -0.25) is 0 Å². The first-order valence-corrected chi connectivity index (χ1v) is 20.5. The van der Waals surface area contributed by atoms with E-state index in [-0.39, 0.29) is 25.3 Å². The summed E-state index contributed by atoms with van der Waals surface area (Å²) in [7, 11) is 0. The maximum absolute atomic E-state index is 7.20. The van der Waals surface area contributed by atoms with Gasteiger partial charge in [-0.05, 0) is 121 Å². The summed E-state index contributed by atoms with van der Waals surface area (Å²) in [4.78, 5) is 0. The number of fused-ring (bicyclic) bond motifs is 6. The fourth-order valence-corrected chi connectivity index (χ4v) is 11.2. The zero-order valence-corrected chi connectivity index (χ0v) is 34.4. The number of para-hydroxylation sites is 2. The number of hydrogen-bond donors (Lipinski definition) is 0. The Bertz CT molecular complexity index is 2710. The Hall–Kier alpha value is -5.47. The zero-order valence-electron chi connectivity index (χ0n) is 34.4. The molecule has 0 unspecified atom stereocenters. The second-order valence-electron chi connectivity index (χ2n) is 17.5. The van der Waals surface area contributed by atoms with Crippen LogP contribution in [0.2, 0.25) is 0 Å². The van der Waals surface area contributed by atoms with Gasteiger partial charge >= 0.3 is 0 Å². The lowest BCUT2D eigenvalue weighted by molar-refractivity contribution is 0.492. The smallest absolute Gasteiger partial charge is 0.252 e. The number of hydrogen-bond acceptors (Lipinski definition) is 2. The van der Waals surface area contributed by atoms with Crippen molar-refractivity contribution in [1.29, 1.82) is 0 Å². The summed E-state index contributed by atoms with van der Waals surface area (Å²) in [5.41, 5.74) is 18.5. The van der Waals surface area contributed by atoms with Crippen LogP contribution >= 0.6 is 0 Å². The summed E-state index contributed by atoms with van der Waals surface area (Å²) in [5.74, 6) is 4.40. The van der Waals surface area contributed by atoms with Crippen molar-refractivity contribution in [3.8, 4) is 23.0 Å². The summed E-state index contributed by atoms with van der Waals surface area (Å²) < 4.78 is 14.4. The van der Waals surface area contributed by atoms with Crippen molar-refractivity contribution >= 4 is 78.5 Å². The van der Waals surface area contributed by atoms with Gasteiger partial charge in [0.2, 0.25) is 0 Å². The fraction of sp³-hybridized carbons (Fsp3) is 0.231. The van der Waals surface area contributed by atoms with Crippen molar-refractivity contribution in [2.45, 2.75) is 81.1 Å². The van der Waals surface area contributed by atoms with E-state index in [1.54, 1.807) is 0 Å². The molecule has 0 saturated heterocycles. The van der Waals surface area contributed by atoms with Crippen LogP contribution in [0.1, 0.15) is 84.0 Å². The monoisotopic (exact) mass is 726 g/mol. The number of benzene rings is 8. The van der Waals surface area contributed by atoms with Crippen LogP contribution < -0.4 is 42.3 Å². The first-order chi connectivity index (χ1) is 26.9. The van der Waals surface area contributed by atoms with E-state index in [1.807, 2.05) is 0 Å². The molecule has 0 saturated carbocycles. The second kappa shape index (κ2) is 12.5. The van der Waals surface area contributed by atoms with Crippen molar-refractivity contribution in [3.05, 3.63) is 142 Å². The summed E-state index contributed by atoms with van der Waals surface area (Å²) >= 11 is 0. The Kier molecular flexibility index (Phi) is 7.82. The van der Waals surface area contributed by atoms with Gasteiger partial charge in [0.05, 0.1) is 0 Å². The molecule has 8 aromatic rings. The van der Waals surface area contributed by atoms with Gasteiger partial charge in [-0.15, -0.1) is 0 Å². The highest BCUT2D eigenvalue weighted by molar-refractivity contribution is 6.99. The lowest BCUT2D eigenvalue weighted by atomic mass is 9.33. The van der Waals surface area contributed by atoms with Crippen LogP contribution in [-0.2, 0) is 0 Å². The van der Waals surface area contributed by atoms with E-state index in [2.05, 4.69) is 166 Å². The first kappa shape index (κ1) is 35.0. The van der Waals surface area contributed by atoms with Crippen molar-refractivity contribution in [3.63, 3.8) is 0 Å².